The smallest absolute Gasteiger partial charge is 0.0275 e. The quantitative estimate of drug-likeness (QED) is 0.616. The van der Waals surface area contributed by atoms with Crippen molar-refractivity contribution in [3.63, 3.8) is 0 Å². The van der Waals surface area contributed by atoms with Crippen molar-refractivity contribution < 1.29 is 0 Å². The van der Waals surface area contributed by atoms with E-state index >= 15 is 0 Å². The lowest BCUT2D eigenvalue weighted by molar-refractivity contribution is 0.284. The van der Waals surface area contributed by atoms with E-state index in [4.69, 9.17) is 5.73 Å². The summed E-state index contributed by atoms with van der Waals surface area (Å²) in [5.74, 6) is 1.01. The summed E-state index contributed by atoms with van der Waals surface area (Å²) in [5, 5.41) is 3.50. The molecule has 0 saturated heterocycles. The van der Waals surface area contributed by atoms with Gasteiger partial charge in [-0.1, -0.05) is 33.1 Å². The van der Waals surface area contributed by atoms with Gasteiger partial charge >= 0.3 is 0 Å². The van der Waals surface area contributed by atoms with E-state index in [1.165, 1.54) is 25.7 Å². The Labute approximate surface area is 88.6 Å². The Bertz CT molecular complexity index is 148. The highest BCUT2D eigenvalue weighted by molar-refractivity contribution is 4.83. The summed E-state index contributed by atoms with van der Waals surface area (Å²) in [7, 11) is 0. The van der Waals surface area contributed by atoms with E-state index < -0.39 is 0 Å². The van der Waals surface area contributed by atoms with Gasteiger partial charge in [0.05, 0.1) is 0 Å². The second-order valence-electron chi connectivity index (χ2n) is 4.83. The molecule has 0 heterocycles. The molecule has 0 aromatic rings. The molecule has 2 nitrogen and oxygen atoms in total. The number of nitrogens with two attached hydrogens (primary N) is 1. The fourth-order valence-electron chi connectivity index (χ4n) is 1.92. The normalized spacial score (nSPS) is 18.2. The SMILES string of the molecule is CCC(N)(CC)CNCCC1CCC1. The molecule has 0 amide bonds. The Morgan fingerprint density at radius 3 is 2.36 bits per heavy atom. The van der Waals surface area contributed by atoms with Crippen LogP contribution in [0, 0.1) is 5.92 Å². The minimum Gasteiger partial charge on any atom is -0.324 e. The summed E-state index contributed by atoms with van der Waals surface area (Å²) in [6.07, 6.45) is 7.85. The topological polar surface area (TPSA) is 38.0 Å². The number of nitrogens with one attached hydrogen (secondary N) is 1. The van der Waals surface area contributed by atoms with Gasteiger partial charge in [-0.05, 0) is 31.7 Å². The molecule has 3 N–H and O–H groups in total. The van der Waals surface area contributed by atoms with Crippen molar-refractivity contribution in [3.8, 4) is 0 Å². The molecule has 1 aliphatic carbocycles. The Hall–Kier alpha value is -0.0800. The van der Waals surface area contributed by atoms with Crippen molar-refractivity contribution in [2.75, 3.05) is 13.1 Å². The van der Waals surface area contributed by atoms with Crippen molar-refractivity contribution in [2.24, 2.45) is 11.7 Å². The maximum atomic E-state index is 6.20. The zero-order valence-electron chi connectivity index (χ0n) is 9.81. The summed E-state index contributed by atoms with van der Waals surface area (Å²) in [5.41, 5.74) is 6.22. The van der Waals surface area contributed by atoms with Gasteiger partial charge in [-0.25, -0.2) is 0 Å². The number of hydrogen-bond donors (Lipinski definition) is 2. The zero-order chi connectivity index (χ0) is 10.4. The molecular weight excluding hydrogens is 172 g/mol. The third-order valence-electron chi connectivity index (χ3n) is 3.84. The van der Waals surface area contributed by atoms with Crippen LogP contribution in [-0.2, 0) is 0 Å². The minimum absolute atomic E-state index is 0.0274. The van der Waals surface area contributed by atoms with Crippen molar-refractivity contribution >= 4 is 0 Å². The lowest BCUT2D eigenvalue weighted by atomic mass is 9.83. The van der Waals surface area contributed by atoms with Crippen LogP contribution in [0.15, 0.2) is 0 Å². The molecule has 1 aliphatic rings. The molecule has 0 aromatic heterocycles. The van der Waals surface area contributed by atoms with Crippen molar-refractivity contribution in [1.29, 1.82) is 0 Å². The molecule has 0 unspecified atom stereocenters. The maximum absolute atomic E-state index is 6.20. The Morgan fingerprint density at radius 2 is 1.93 bits per heavy atom. The first-order chi connectivity index (χ1) is 6.70. The highest BCUT2D eigenvalue weighted by Crippen LogP contribution is 2.28. The Balaban J connectivity index is 2.01. The van der Waals surface area contributed by atoms with E-state index in [1.807, 2.05) is 0 Å². The van der Waals surface area contributed by atoms with E-state index in [-0.39, 0.29) is 5.54 Å². The predicted molar refractivity (Wildman–Crippen MR) is 62.3 cm³/mol. The van der Waals surface area contributed by atoms with Gasteiger partial charge < -0.3 is 11.1 Å². The van der Waals surface area contributed by atoms with Gasteiger partial charge in [0.1, 0.15) is 0 Å². The second-order valence-corrected chi connectivity index (χ2v) is 4.83. The summed E-state index contributed by atoms with van der Waals surface area (Å²) in [4.78, 5) is 0. The summed E-state index contributed by atoms with van der Waals surface area (Å²) in [6, 6.07) is 0. The van der Waals surface area contributed by atoms with Crippen LogP contribution in [0.25, 0.3) is 0 Å². The van der Waals surface area contributed by atoms with E-state index in [1.54, 1.807) is 0 Å². The fraction of sp³-hybridized carbons (Fsp3) is 1.00. The first-order valence-electron chi connectivity index (χ1n) is 6.20. The predicted octanol–water partition coefficient (Wildman–Crippen LogP) is 2.28. The van der Waals surface area contributed by atoms with Crippen LogP contribution in [0.2, 0.25) is 0 Å². The molecule has 2 heteroatoms. The van der Waals surface area contributed by atoms with Crippen LogP contribution in [0.1, 0.15) is 52.4 Å². The molecule has 1 rings (SSSR count). The molecule has 0 atom stereocenters. The monoisotopic (exact) mass is 198 g/mol. The molecule has 0 bridgehead atoms. The van der Waals surface area contributed by atoms with Gasteiger partial charge in [-0.3, -0.25) is 0 Å². The first kappa shape index (κ1) is 12.0. The van der Waals surface area contributed by atoms with Gasteiger partial charge in [0, 0.05) is 12.1 Å². The van der Waals surface area contributed by atoms with Crippen molar-refractivity contribution in [2.45, 2.75) is 57.9 Å². The molecule has 0 radical (unpaired) electrons. The number of rotatable bonds is 7. The molecule has 0 spiro atoms. The molecule has 14 heavy (non-hydrogen) atoms. The van der Waals surface area contributed by atoms with Crippen LogP contribution in [-0.4, -0.2) is 18.6 Å². The third-order valence-corrected chi connectivity index (χ3v) is 3.84. The van der Waals surface area contributed by atoms with Gasteiger partial charge in [-0.15, -0.1) is 0 Å². The van der Waals surface area contributed by atoms with Crippen molar-refractivity contribution in [3.05, 3.63) is 0 Å². The van der Waals surface area contributed by atoms with E-state index in [0.717, 1.165) is 31.8 Å². The van der Waals surface area contributed by atoms with Crippen molar-refractivity contribution in [1.82, 2.24) is 5.32 Å². The lowest BCUT2D eigenvalue weighted by Gasteiger charge is -2.29. The molecular formula is C12H26N2. The van der Waals surface area contributed by atoms with E-state index in [0.29, 0.717) is 0 Å². The minimum atomic E-state index is 0.0274. The number of hydrogen-bond acceptors (Lipinski definition) is 2. The average Bonchev–Trinajstić information content (AvgIpc) is 2.14. The maximum Gasteiger partial charge on any atom is 0.0275 e. The molecule has 0 aliphatic heterocycles. The highest BCUT2D eigenvalue weighted by Gasteiger charge is 2.20. The molecule has 0 aromatic carbocycles. The highest BCUT2D eigenvalue weighted by atomic mass is 14.9. The van der Waals surface area contributed by atoms with Gasteiger partial charge in [0.2, 0.25) is 0 Å². The summed E-state index contributed by atoms with van der Waals surface area (Å²) in [6.45, 7) is 6.49. The summed E-state index contributed by atoms with van der Waals surface area (Å²) < 4.78 is 0. The lowest BCUT2D eigenvalue weighted by Crippen LogP contribution is -2.48. The molecule has 84 valence electrons. The largest absolute Gasteiger partial charge is 0.324 e. The van der Waals surface area contributed by atoms with Crippen LogP contribution in [0.4, 0.5) is 0 Å². The Morgan fingerprint density at radius 1 is 1.29 bits per heavy atom. The van der Waals surface area contributed by atoms with Crippen LogP contribution >= 0.6 is 0 Å². The first-order valence-corrected chi connectivity index (χ1v) is 6.20. The summed E-state index contributed by atoms with van der Waals surface area (Å²) >= 11 is 0. The second kappa shape index (κ2) is 5.72. The average molecular weight is 198 g/mol. The molecule has 1 saturated carbocycles. The van der Waals surface area contributed by atoms with Gasteiger partial charge in [0.15, 0.2) is 0 Å². The van der Waals surface area contributed by atoms with E-state index in [9.17, 15) is 0 Å². The van der Waals surface area contributed by atoms with Gasteiger partial charge in [0.25, 0.3) is 0 Å². The molecule has 1 fully saturated rings. The Kier molecular flexibility index (Phi) is 4.90. The van der Waals surface area contributed by atoms with Crippen LogP contribution in [0.5, 0.6) is 0 Å². The fourth-order valence-corrected chi connectivity index (χ4v) is 1.92. The van der Waals surface area contributed by atoms with Crippen LogP contribution in [0.3, 0.4) is 0 Å². The zero-order valence-corrected chi connectivity index (χ0v) is 9.81. The van der Waals surface area contributed by atoms with Gasteiger partial charge in [-0.2, -0.15) is 0 Å². The standard InChI is InChI=1S/C12H26N2/c1-3-12(13,4-2)10-14-9-8-11-6-5-7-11/h11,14H,3-10,13H2,1-2H3. The van der Waals surface area contributed by atoms with E-state index in [2.05, 4.69) is 19.2 Å². The third kappa shape index (κ3) is 3.58. The van der Waals surface area contributed by atoms with Crippen LogP contribution < -0.4 is 11.1 Å².